The van der Waals surface area contributed by atoms with E-state index in [1.54, 1.807) is 7.11 Å². The Labute approximate surface area is 102 Å². The molecule has 2 nitrogen and oxygen atoms in total. The van der Waals surface area contributed by atoms with Crippen molar-refractivity contribution in [2.24, 2.45) is 0 Å². The molecule has 0 bridgehead atoms. The average molecular weight is 227 g/mol. The lowest BCUT2D eigenvalue weighted by Crippen LogP contribution is -1.97. The van der Waals surface area contributed by atoms with E-state index >= 15 is 0 Å². The van der Waals surface area contributed by atoms with E-state index in [2.05, 4.69) is 31.3 Å². The van der Waals surface area contributed by atoms with E-state index < -0.39 is 0 Å². The summed E-state index contributed by atoms with van der Waals surface area (Å²) in [5, 5.41) is 3.41. The van der Waals surface area contributed by atoms with Gasteiger partial charge in [0, 0.05) is 11.4 Å². The zero-order valence-corrected chi connectivity index (χ0v) is 10.4. The molecule has 0 heterocycles. The molecule has 2 aromatic rings. The number of hydrogen-bond donors (Lipinski definition) is 1. The van der Waals surface area contributed by atoms with Gasteiger partial charge in [-0.25, -0.2) is 0 Å². The number of ether oxygens (including phenoxy) is 1. The summed E-state index contributed by atoms with van der Waals surface area (Å²) in [4.78, 5) is 0. The molecule has 0 aliphatic heterocycles. The van der Waals surface area contributed by atoms with Crippen molar-refractivity contribution in [3.8, 4) is 5.75 Å². The quantitative estimate of drug-likeness (QED) is 0.853. The first-order valence-corrected chi connectivity index (χ1v) is 5.68. The number of hydrogen-bond acceptors (Lipinski definition) is 2. The lowest BCUT2D eigenvalue weighted by Gasteiger charge is -2.14. The Morgan fingerprint density at radius 2 is 1.59 bits per heavy atom. The number of benzene rings is 2. The molecule has 0 amide bonds. The topological polar surface area (TPSA) is 21.3 Å². The molecule has 2 rings (SSSR count). The maximum absolute atomic E-state index is 5.30. The van der Waals surface area contributed by atoms with Crippen molar-refractivity contribution >= 4 is 11.4 Å². The Balaban J connectivity index is 2.32. The lowest BCUT2D eigenvalue weighted by atomic mass is 10.1. The second kappa shape index (κ2) is 4.91. The minimum Gasteiger partial charge on any atom is -0.496 e. The zero-order chi connectivity index (χ0) is 12.3. The van der Waals surface area contributed by atoms with Crippen molar-refractivity contribution in [3.05, 3.63) is 53.6 Å². The Bertz CT molecular complexity index is 506. The number of rotatable bonds is 3. The van der Waals surface area contributed by atoms with Gasteiger partial charge < -0.3 is 10.1 Å². The molecule has 0 aliphatic carbocycles. The van der Waals surface area contributed by atoms with Gasteiger partial charge >= 0.3 is 0 Å². The number of para-hydroxylation sites is 1. The van der Waals surface area contributed by atoms with Crippen LogP contribution in [0.15, 0.2) is 42.5 Å². The fraction of sp³-hybridized carbons (Fsp3) is 0.200. The first-order chi connectivity index (χ1) is 8.22. The van der Waals surface area contributed by atoms with Crippen molar-refractivity contribution in [2.45, 2.75) is 13.8 Å². The summed E-state index contributed by atoms with van der Waals surface area (Å²) >= 11 is 0. The maximum Gasteiger partial charge on any atom is 0.122 e. The molecule has 0 spiro atoms. The van der Waals surface area contributed by atoms with E-state index in [1.165, 1.54) is 11.1 Å². The van der Waals surface area contributed by atoms with Crippen molar-refractivity contribution in [1.29, 1.82) is 0 Å². The smallest absolute Gasteiger partial charge is 0.122 e. The highest BCUT2D eigenvalue weighted by atomic mass is 16.5. The highest BCUT2D eigenvalue weighted by Crippen LogP contribution is 2.29. The Morgan fingerprint density at radius 3 is 2.24 bits per heavy atom. The molecule has 17 heavy (non-hydrogen) atoms. The molecule has 0 aromatic heterocycles. The maximum atomic E-state index is 5.30. The van der Waals surface area contributed by atoms with Gasteiger partial charge in [-0.1, -0.05) is 18.2 Å². The SMILES string of the molecule is COc1ccc(Nc2ccccc2)c(C)c1C. The lowest BCUT2D eigenvalue weighted by molar-refractivity contribution is 0.411. The minimum atomic E-state index is 0.932. The van der Waals surface area contributed by atoms with Gasteiger partial charge in [-0.3, -0.25) is 0 Å². The zero-order valence-electron chi connectivity index (χ0n) is 10.4. The van der Waals surface area contributed by atoms with Gasteiger partial charge in [0.2, 0.25) is 0 Å². The summed E-state index contributed by atoms with van der Waals surface area (Å²) in [7, 11) is 1.70. The Hall–Kier alpha value is -1.96. The van der Waals surface area contributed by atoms with E-state index in [0.717, 1.165) is 17.1 Å². The second-order valence-electron chi connectivity index (χ2n) is 4.06. The monoisotopic (exact) mass is 227 g/mol. The van der Waals surface area contributed by atoms with Gasteiger partial charge in [0.15, 0.2) is 0 Å². The van der Waals surface area contributed by atoms with E-state index in [4.69, 9.17) is 4.74 Å². The predicted octanol–water partition coefficient (Wildman–Crippen LogP) is 4.06. The third-order valence-electron chi connectivity index (χ3n) is 3.01. The number of nitrogens with one attached hydrogen (secondary N) is 1. The van der Waals surface area contributed by atoms with Crippen LogP contribution in [-0.2, 0) is 0 Å². The first kappa shape index (κ1) is 11.5. The number of methoxy groups -OCH3 is 1. The van der Waals surface area contributed by atoms with Crippen LogP contribution >= 0.6 is 0 Å². The fourth-order valence-electron chi connectivity index (χ4n) is 1.83. The molecule has 0 unspecified atom stereocenters. The molecule has 0 radical (unpaired) electrons. The molecule has 2 aromatic carbocycles. The molecule has 0 saturated heterocycles. The summed E-state index contributed by atoms with van der Waals surface area (Å²) in [6.45, 7) is 4.17. The third-order valence-corrected chi connectivity index (χ3v) is 3.01. The highest BCUT2D eigenvalue weighted by Gasteiger charge is 2.06. The predicted molar refractivity (Wildman–Crippen MR) is 72.2 cm³/mol. The molecule has 0 aliphatic rings. The van der Waals surface area contributed by atoms with Crippen LogP contribution < -0.4 is 10.1 Å². The largest absolute Gasteiger partial charge is 0.496 e. The first-order valence-electron chi connectivity index (χ1n) is 5.68. The Morgan fingerprint density at radius 1 is 0.882 bits per heavy atom. The minimum absolute atomic E-state index is 0.932. The van der Waals surface area contributed by atoms with Crippen molar-refractivity contribution < 1.29 is 4.74 Å². The van der Waals surface area contributed by atoms with Gasteiger partial charge in [-0.05, 0) is 49.2 Å². The molecule has 0 atom stereocenters. The van der Waals surface area contributed by atoms with Gasteiger partial charge in [-0.2, -0.15) is 0 Å². The number of anilines is 2. The molecule has 88 valence electrons. The van der Waals surface area contributed by atoms with E-state index in [0.29, 0.717) is 0 Å². The normalized spacial score (nSPS) is 10.1. The summed E-state index contributed by atoms with van der Waals surface area (Å²) in [5.74, 6) is 0.932. The van der Waals surface area contributed by atoms with E-state index in [-0.39, 0.29) is 0 Å². The summed E-state index contributed by atoms with van der Waals surface area (Å²) < 4.78 is 5.30. The summed E-state index contributed by atoms with van der Waals surface area (Å²) in [6, 6.07) is 14.2. The molecule has 0 saturated carbocycles. The van der Waals surface area contributed by atoms with Crippen LogP contribution in [-0.4, -0.2) is 7.11 Å². The average Bonchev–Trinajstić information content (AvgIpc) is 2.37. The van der Waals surface area contributed by atoms with Crippen LogP contribution in [0.5, 0.6) is 5.75 Å². The van der Waals surface area contributed by atoms with Crippen LogP contribution in [0, 0.1) is 13.8 Å². The molecular weight excluding hydrogens is 210 g/mol. The molecule has 1 N–H and O–H groups in total. The van der Waals surface area contributed by atoms with E-state index in [9.17, 15) is 0 Å². The molecular formula is C15H17NO. The highest BCUT2D eigenvalue weighted by molar-refractivity contribution is 5.66. The van der Waals surface area contributed by atoms with Crippen molar-refractivity contribution in [1.82, 2.24) is 0 Å². The fourth-order valence-corrected chi connectivity index (χ4v) is 1.83. The van der Waals surface area contributed by atoms with Crippen LogP contribution in [0.2, 0.25) is 0 Å². The van der Waals surface area contributed by atoms with Crippen molar-refractivity contribution in [3.63, 3.8) is 0 Å². The third kappa shape index (κ3) is 2.41. The molecule has 0 fully saturated rings. The van der Waals surface area contributed by atoms with E-state index in [1.807, 2.05) is 30.3 Å². The van der Waals surface area contributed by atoms with Gasteiger partial charge in [0.25, 0.3) is 0 Å². The van der Waals surface area contributed by atoms with Crippen LogP contribution in [0.4, 0.5) is 11.4 Å². The summed E-state index contributed by atoms with van der Waals surface area (Å²) in [5.41, 5.74) is 4.61. The van der Waals surface area contributed by atoms with Gasteiger partial charge in [-0.15, -0.1) is 0 Å². The van der Waals surface area contributed by atoms with Crippen LogP contribution in [0.1, 0.15) is 11.1 Å². The Kier molecular flexibility index (Phi) is 3.33. The second-order valence-corrected chi connectivity index (χ2v) is 4.06. The van der Waals surface area contributed by atoms with Gasteiger partial charge in [0.1, 0.15) is 5.75 Å². The standard InChI is InChI=1S/C15H17NO/c1-11-12(2)15(17-3)10-9-14(11)16-13-7-5-4-6-8-13/h4-10,16H,1-3H3. The van der Waals surface area contributed by atoms with Crippen molar-refractivity contribution in [2.75, 3.05) is 12.4 Å². The van der Waals surface area contributed by atoms with Gasteiger partial charge in [0.05, 0.1) is 7.11 Å². The summed E-state index contributed by atoms with van der Waals surface area (Å²) in [6.07, 6.45) is 0. The van der Waals surface area contributed by atoms with Crippen LogP contribution in [0.3, 0.4) is 0 Å². The molecule has 2 heteroatoms. The van der Waals surface area contributed by atoms with Crippen LogP contribution in [0.25, 0.3) is 0 Å².